The maximum absolute atomic E-state index is 12.9. The van der Waals surface area contributed by atoms with Gasteiger partial charge in [0, 0.05) is 49.7 Å². The number of halogens is 1. The minimum absolute atomic E-state index is 0.230. The largest absolute Gasteiger partial charge is 0.354 e. The normalized spacial score (nSPS) is 15.7. The van der Waals surface area contributed by atoms with Gasteiger partial charge in [-0.05, 0) is 36.8 Å². The topological polar surface area (TPSA) is 71.3 Å². The van der Waals surface area contributed by atoms with Crippen molar-refractivity contribution in [3.63, 3.8) is 0 Å². The van der Waals surface area contributed by atoms with Crippen LogP contribution in [-0.2, 0) is 10.0 Å². The van der Waals surface area contributed by atoms with Crippen molar-refractivity contribution < 1.29 is 8.42 Å². The van der Waals surface area contributed by atoms with Crippen LogP contribution in [0.5, 0.6) is 0 Å². The molecule has 2 aromatic heterocycles. The number of piperazine rings is 1. The van der Waals surface area contributed by atoms with Crippen LogP contribution in [0.25, 0.3) is 5.82 Å². The fraction of sp³-hybridized carbons (Fsp3) is 0.263. The fourth-order valence-electron chi connectivity index (χ4n) is 3.18. The molecule has 3 aromatic rings. The average Bonchev–Trinajstić information content (AvgIpc) is 3.25. The van der Waals surface area contributed by atoms with Gasteiger partial charge in [-0.25, -0.2) is 18.4 Å². The molecule has 9 heteroatoms. The first-order valence-corrected chi connectivity index (χ1v) is 10.7. The molecule has 0 bridgehead atoms. The van der Waals surface area contributed by atoms with E-state index in [4.69, 9.17) is 11.6 Å². The summed E-state index contributed by atoms with van der Waals surface area (Å²) < 4.78 is 29.3. The first-order valence-electron chi connectivity index (χ1n) is 8.92. The van der Waals surface area contributed by atoms with Crippen molar-refractivity contribution in [3.05, 3.63) is 65.7 Å². The summed E-state index contributed by atoms with van der Waals surface area (Å²) in [7, 11) is -3.57. The summed E-state index contributed by atoms with van der Waals surface area (Å²) in [4.78, 5) is 11.0. The highest BCUT2D eigenvalue weighted by molar-refractivity contribution is 7.89. The second-order valence-corrected chi connectivity index (χ2v) is 8.97. The Bertz CT molecular complexity index is 1080. The second-order valence-electron chi connectivity index (χ2n) is 6.63. The Morgan fingerprint density at radius 2 is 1.64 bits per heavy atom. The highest BCUT2D eigenvalue weighted by Crippen LogP contribution is 2.24. The number of aryl methyl sites for hydroxylation is 1. The molecule has 0 spiro atoms. The van der Waals surface area contributed by atoms with E-state index in [2.05, 4.69) is 14.9 Å². The van der Waals surface area contributed by atoms with E-state index in [0.717, 1.165) is 17.2 Å². The Balaban J connectivity index is 1.49. The van der Waals surface area contributed by atoms with Crippen LogP contribution in [0.2, 0.25) is 5.02 Å². The van der Waals surface area contributed by atoms with E-state index in [1.807, 2.05) is 42.1 Å². The molecular weight excluding hydrogens is 398 g/mol. The lowest BCUT2D eigenvalue weighted by molar-refractivity contribution is 0.383. The van der Waals surface area contributed by atoms with Crippen molar-refractivity contribution in [1.29, 1.82) is 0 Å². The lowest BCUT2D eigenvalue weighted by Gasteiger charge is -2.34. The standard InChI is InChI=1S/C19H20ClN5O2S/c1-15-4-5-16(12-17(15)20)28(26,27)25-10-8-24(9-11-25)19-13-18(21-14-22-19)23-6-2-3-7-23/h2-7,12-14H,8-11H2,1H3. The molecule has 0 saturated carbocycles. The predicted molar refractivity (Wildman–Crippen MR) is 109 cm³/mol. The van der Waals surface area contributed by atoms with E-state index in [1.54, 1.807) is 12.1 Å². The van der Waals surface area contributed by atoms with Crippen molar-refractivity contribution >= 4 is 27.4 Å². The number of aromatic nitrogens is 3. The minimum Gasteiger partial charge on any atom is -0.354 e. The van der Waals surface area contributed by atoms with Crippen LogP contribution < -0.4 is 4.90 Å². The second kappa shape index (κ2) is 7.54. The third-order valence-electron chi connectivity index (χ3n) is 4.85. The fourth-order valence-corrected chi connectivity index (χ4v) is 4.87. The zero-order valence-electron chi connectivity index (χ0n) is 15.4. The number of sulfonamides is 1. The maximum Gasteiger partial charge on any atom is 0.243 e. The quantitative estimate of drug-likeness (QED) is 0.652. The summed E-state index contributed by atoms with van der Waals surface area (Å²) in [5.74, 6) is 1.56. The molecule has 0 radical (unpaired) electrons. The molecular formula is C19H20ClN5O2S. The van der Waals surface area contributed by atoms with E-state index in [0.29, 0.717) is 31.2 Å². The molecule has 7 nitrogen and oxygen atoms in total. The Kier molecular flexibility index (Phi) is 5.09. The van der Waals surface area contributed by atoms with Crippen LogP contribution in [0.15, 0.2) is 60.0 Å². The first-order chi connectivity index (χ1) is 13.4. The van der Waals surface area contributed by atoms with E-state index < -0.39 is 10.0 Å². The van der Waals surface area contributed by atoms with Gasteiger partial charge in [0.05, 0.1) is 4.90 Å². The predicted octanol–water partition coefficient (Wildman–Crippen LogP) is 2.74. The van der Waals surface area contributed by atoms with Gasteiger partial charge < -0.3 is 9.47 Å². The van der Waals surface area contributed by atoms with Gasteiger partial charge >= 0.3 is 0 Å². The SMILES string of the molecule is Cc1ccc(S(=O)(=O)N2CCN(c3cc(-n4cccc4)ncn3)CC2)cc1Cl. The summed E-state index contributed by atoms with van der Waals surface area (Å²) in [6, 6.07) is 10.6. The van der Waals surface area contributed by atoms with Crippen LogP contribution in [0.3, 0.4) is 0 Å². The van der Waals surface area contributed by atoms with Gasteiger partial charge in [-0.3, -0.25) is 0 Å². The van der Waals surface area contributed by atoms with Gasteiger partial charge in [0.2, 0.25) is 10.0 Å². The Morgan fingerprint density at radius 3 is 2.32 bits per heavy atom. The van der Waals surface area contributed by atoms with Crippen LogP contribution in [-0.4, -0.2) is 53.4 Å². The molecule has 146 valence electrons. The summed E-state index contributed by atoms with van der Waals surface area (Å²) in [6.45, 7) is 3.73. The molecule has 0 unspecified atom stereocenters. The lowest BCUT2D eigenvalue weighted by atomic mass is 10.2. The smallest absolute Gasteiger partial charge is 0.243 e. The van der Waals surface area contributed by atoms with Crippen LogP contribution in [0.4, 0.5) is 5.82 Å². The Hall–Kier alpha value is -2.42. The first kappa shape index (κ1) is 18.9. The number of rotatable bonds is 4. The van der Waals surface area contributed by atoms with Crippen LogP contribution in [0, 0.1) is 6.92 Å². The molecule has 1 aliphatic heterocycles. The zero-order chi connectivity index (χ0) is 19.7. The molecule has 0 N–H and O–H groups in total. The summed E-state index contributed by atoms with van der Waals surface area (Å²) in [6.07, 6.45) is 5.37. The molecule has 1 aliphatic rings. The molecule has 3 heterocycles. The third-order valence-corrected chi connectivity index (χ3v) is 7.15. The minimum atomic E-state index is -3.57. The molecule has 1 fully saturated rings. The van der Waals surface area contributed by atoms with Gasteiger partial charge in [0.1, 0.15) is 18.0 Å². The number of anilines is 1. The Morgan fingerprint density at radius 1 is 0.964 bits per heavy atom. The van der Waals surface area contributed by atoms with Gasteiger partial charge in [0.15, 0.2) is 0 Å². The van der Waals surface area contributed by atoms with E-state index in [-0.39, 0.29) is 4.90 Å². The monoisotopic (exact) mass is 417 g/mol. The van der Waals surface area contributed by atoms with Gasteiger partial charge in [-0.1, -0.05) is 17.7 Å². The average molecular weight is 418 g/mol. The van der Waals surface area contributed by atoms with Crippen molar-refractivity contribution in [3.8, 4) is 5.82 Å². The van der Waals surface area contributed by atoms with Gasteiger partial charge in [0.25, 0.3) is 0 Å². The molecule has 1 aromatic carbocycles. The van der Waals surface area contributed by atoms with Gasteiger partial charge in [-0.2, -0.15) is 4.31 Å². The highest BCUT2D eigenvalue weighted by Gasteiger charge is 2.29. The number of nitrogens with zero attached hydrogens (tertiary/aromatic N) is 5. The van der Waals surface area contributed by atoms with Gasteiger partial charge in [-0.15, -0.1) is 0 Å². The van der Waals surface area contributed by atoms with E-state index in [9.17, 15) is 8.42 Å². The maximum atomic E-state index is 12.9. The summed E-state index contributed by atoms with van der Waals surface area (Å²) >= 11 is 6.11. The highest BCUT2D eigenvalue weighted by atomic mass is 35.5. The van der Waals surface area contributed by atoms with E-state index in [1.165, 1.54) is 16.7 Å². The summed E-state index contributed by atoms with van der Waals surface area (Å²) in [5.41, 5.74) is 0.854. The lowest BCUT2D eigenvalue weighted by Crippen LogP contribution is -2.49. The van der Waals surface area contributed by atoms with Crippen molar-refractivity contribution in [2.24, 2.45) is 0 Å². The van der Waals surface area contributed by atoms with E-state index >= 15 is 0 Å². The third kappa shape index (κ3) is 3.63. The molecule has 4 rings (SSSR count). The zero-order valence-corrected chi connectivity index (χ0v) is 16.9. The number of hydrogen-bond acceptors (Lipinski definition) is 5. The Labute approximate surface area is 169 Å². The van der Waals surface area contributed by atoms with Crippen molar-refractivity contribution in [1.82, 2.24) is 18.8 Å². The molecule has 28 heavy (non-hydrogen) atoms. The van der Waals surface area contributed by atoms with Crippen LogP contribution >= 0.6 is 11.6 Å². The molecule has 0 aliphatic carbocycles. The molecule has 0 amide bonds. The van der Waals surface area contributed by atoms with Crippen molar-refractivity contribution in [2.45, 2.75) is 11.8 Å². The molecule has 1 saturated heterocycles. The summed E-state index contributed by atoms with van der Waals surface area (Å²) in [5, 5.41) is 0.457. The number of benzene rings is 1. The van der Waals surface area contributed by atoms with Crippen LogP contribution in [0.1, 0.15) is 5.56 Å². The van der Waals surface area contributed by atoms with Crippen molar-refractivity contribution in [2.75, 3.05) is 31.1 Å². The molecule has 0 atom stereocenters. The number of hydrogen-bond donors (Lipinski definition) is 0.